The van der Waals surface area contributed by atoms with E-state index in [-0.39, 0.29) is 5.91 Å². The molecular weight excluding hydrogens is 348 g/mol. The van der Waals surface area contributed by atoms with Crippen LogP contribution in [0.15, 0.2) is 54.6 Å². The normalized spacial score (nSPS) is 10.8. The van der Waals surface area contributed by atoms with Gasteiger partial charge in [0.05, 0.1) is 14.2 Å². The van der Waals surface area contributed by atoms with Crippen LogP contribution in [-0.2, 0) is 9.59 Å². The Morgan fingerprint density at radius 1 is 0.889 bits per heavy atom. The van der Waals surface area contributed by atoms with Crippen LogP contribution in [0.25, 0.3) is 12.2 Å². The van der Waals surface area contributed by atoms with Gasteiger partial charge in [0.25, 0.3) is 5.91 Å². The van der Waals surface area contributed by atoms with Crippen LogP contribution in [0.5, 0.6) is 11.5 Å². The molecule has 2 aromatic rings. The average Bonchev–Trinajstić information content (AvgIpc) is 2.70. The zero-order valence-corrected chi connectivity index (χ0v) is 14.9. The van der Waals surface area contributed by atoms with E-state index in [0.29, 0.717) is 22.7 Å². The number of hydrogen-bond donors (Lipinski definition) is 3. The Labute approximate surface area is 156 Å². The molecule has 27 heavy (non-hydrogen) atoms. The molecule has 0 unspecified atom stereocenters. The summed E-state index contributed by atoms with van der Waals surface area (Å²) in [4.78, 5) is 23.1. The third-order valence-corrected chi connectivity index (χ3v) is 3.53. The number of benzene rings is 2. The van der Waals surface area contributed by atoms with Crippen LogP contribution in [-0.4, -0.2) is 31.2 Å². The maximum absolute atomic E-state index is 12.1. The molecule has 0 spiro atoms. The fourth-order valence-corrected chi connectivity index (χ4v) is 2.24. The Morgan fingerprint density at radius 3 is 2.22 bits per heavy atom. The molecule has 0 bridgehead atoms. The number of anilines is 1. The van der Waals surface area contributed by atoms with Crippen LogP contribution in [0.2, 0.25) is 0 Å². The van der Waals surface area contributed by atoms with Gasteiger partial charge in [-0.05, 0) is 47.5 Å². The topological polar surface area (TPSA) is 96.9 Å². The third-order valence-electron chi connectivity index (χ3n) is 3.53. The Balaban J connectivity index is 2.04. The summed E-state index contributed by atoms with van der Waals surface area (Å²) in [7, 11) is 3.10. The highest BCUT2D eigenvalue weighted by Crippen LogP contribution is 2.27. The molecule has 0 aliphatic rings. The van der Waals surface area contributed by atoms with Gasteiger partial charge in [-0.2, -0.15) is 0 Å². The first kappa shape index (κ1) is 19.7. The first-order valence-electron chi connectivity index (χ1n) is 7.99. The van der Waals surface area contributed by atoms with Crippen molar-refractivity contribution >= 4 is 29.7 Å². The molecule has 140 valence electrons. The lowest BCUT2D eigenvalue weighted by molar-refractivity contribution is -0.124. The van der Waals surface area contributed by atoms with Gasteiger partial charge < -0.3 is 14.8 Å². The van der Waals surface area contributed by atoms with Crippen molar-refractivity contribution in [3.05, 3.63) is 65.7 Å². The van der Waals surface area contributed by atoms with Crippen molar-refractivity contribution in [1.82, 2.24) is 5.48 Å². The average molecular weight is 368 g/mol. The molecule has 0 fully saturated rings. The highest BCUT2D eigenvalue weighted by atomic mass is 16.5. The van der Waals surface area contributed by atoms with E-state index in [1.165, 1.54) is 23.7 Å². The maximum Gasteiger partial charge on any atom is 0.267 e. The standard InChI is InChI=1S/C20H20N2O5/c1-26-17-9-6-15(13-18(17)27-2)7-10-19(23)21-16-5-3-4-14(12-16)8-11-20(24)22-25/h3-13,25H,1-2H3,(H,21,23)(H,22,24)/b10-7+,11-8+. The van der Waals surface area contributed by atoms with Gasteiger partial charge in [0.15, 0.2) is 11.5 Å². The number of rotatable bonds is 7. The molecule has 3 N–H and O–H groups in total. The fraction of sp³-hybridized carbons (Fsp3) is 0.100. The van der Waals surface area contributed by atoms with Gasteiger partial charge in [-0.1, -0.05) is 18.2 Å². The summed E-state index contributed by atoms with van der Waals surface area (Å²) in [6.45, 7) is 0. The largest absolute Gasteiger partial charge is 0.493 e. The van der Waals surface area contributed by atoms with Crippen LogP contribution in [0, 0.1) is 0 Å². The molecule has 2 amide bonds. The van der Waals surface area contributed by atoms with Crippen molar-refractivity contribution in [2.75, 3.05) is 19.5 Å². The second-order valence-corrected chi connectivity index (χ2v) is 5.37. The van der Waals surface area contributed by atoms with E-state index in [1.54, 1.807) is 56.7 Å². The Kier molecular flexibility index (Phi) is 7.16. The number of hydrogen-bond acceptors (Lipinski definition) is 5. The third kappa shape index (κ3) is 6.02. The maximum atomic E-state index is 12.1. The van der Waals surface area contributed by atoms with Gasteiger partial charge in [0.1, 0.15) is 0 Å². The molecule has 0 saturated carbocycles. The molecule has 7 nitrogen and oxygen atoms in total. The fourth-order valence-electron chi connectivity index (χ4n) is 2.24. The second-order valence-electron chi connectivity index (χ2n) is 5.37. The molecule has 2 rings (SSSR count). The van der Waals surface area contributed by atoms with Crippen molar-refractivity contribution in [3.8, 4) is 11.5 Å². The van der Waals surface area contributed by atoms with Gasteiger partial charge in [-0.3, -0.25) is 14.8 Å². The quantitative estimate of drug-likeness (QED) is 0.397. The van der Waals surface area contributed by atoms with E-state index >= 15 is 0 Å². The number of methoxy groups -OCH3 is 2. The highest BCUT2D eigenvalue weighted by Gasteiger charge is 2.04. The number of hydroxylamine groups is 1. The summed E-state index contributed by atoms with van der Waals surface area (Å²) >= 11 is 0. The smallest absolute Gasteiger partial charge is 0.267 e. The number of amides is 2. The molecule has 0 atom stereocenters. The molecule has 0 aromatic heterocycles. The number of carbonyl (C=O) groups excluding carboxylic acids is 2. The molecule has 0 radical (unpaired) electrons. The Morgan fingerprint density at radius 2 is 1.56 bits per heavy atom. The van der Waals surface area contributed by atoms with E-state index in [1.807, 2.05) is 6.07 Å². The first-order chi connectivity index (χ1) is 13.0. The molecule has 0 aliphatic heterocycles. The van der Waals surface area contributed by atoms with E-state index in [4.69, 9.17) is 14.7 Å². The SMILES string of the molecule is COc1ccc(/C=C/C(=O)Nc2cccc(/C=C/C(=O)NO)c2)cc1OC. The van der Waals surface area contributed by atoms with E-state index in [9.17, 15) is 9.59 Å². The van der Waals surface area contributed by atoms with Crippen LogP contribution in [0.3, 0.4) is 0 Å². The summed E-state index contributed by atoms with van der Waals surface area (Å²) in [6, 6.07) is 12.3. The second kappa shape index (κ2) is 9.79. The number of ether oxygens (including phenoxy) is 2. The highest BCUT2D eigenvalue weighted by molar-refractivity contribution is 6.02. The minimum Gasteiger partial charge on any atom is -0.493 e. The van der Waals surface area contributed by atoms with Crippen molar-refractivity contribution in [2.45, 2.75) is 0 Å². The summed E-state index contributed by atoms with van der Waals surface area (Å²) < 4.78 is 10.4. The number of nitrogens with one attached hydrogen (secondary N) is 2. The zero-order valence-electron chi connectivity index (χ0n) is 14.9. The van der Waals surface area contributed by atoms with Gasteiger partial charge in [0.2, 0.25) is 5.91 Å². The van der Waals surface area contributed by atoms with Crippen molar-refractivity contribution in [3.63, 3.8) is 0 Å². The van der Waals surface area contributed by atoms with E-state index < -0.39 is 5.91 Å². The van der Waals surface area contributed by atoms with Gasteiger partial charge in [-0.25, -0.2) is 5.48 Å². The lowest BCUT2D eigenvalue weighted by Gasteiger charge is -2.07. The van der Waals surface area contributed by atoms with E-state index in [2.05, 4.69) is 5.32 Å². The van der Waals surface area contributed by atoms with Crippen molar-refractivity contribution in [2.24, 2.45) is 0 Å². The predicted octanol–water partition coefficient (Wildman–Crippen LogP) is 2.87. The molecule has 0 saturated heterocycles. The lowest BCUT2D eigenvalue weighted by Crippen LogP contribution is -2.14. The van der Waals surface area contributed by atoms with Crippen LogP contribution >= 0.6 is 0 Å². The first-order valence-corrected chi connectivity index (χ1v) is 7.99. The van der Waals surface area contributed by atoms with Gasteiger partial charge in [0, 0.05) is 17.8 Å². The Bertz CT molecular complexity index is 874. The molecular formula is C20H20N2O5. The van der Waals surface area contributed by atoms with Crippen LogP contribution < -0.4 is 20.3 Å². The molecule has 7 heteroatoms. The molecule has 0 heterocycles. The summed E-state index contributed by atoms with van der Waals surface area (Å²) in [6.07, 6.45) is 5.76. The molecule has 2 aromatic carbocycles. The minimum absolute atomic E-state index is 0.306. The molecule has 0 aliphatic carbocycles. The summed E-state index contributed by atoms with van der Waals surface area (Å²) in [5.74, 6) is 0.242. The van der Waals surface area contributed by atoms with Gasteiger partial charge >= 0.3 is 0 Å². The zero-order chi connectivity index (χ0) is 19.6. The lowest BCUT2D eigenvalue weighted by atomic mass is 10.1. The predicted molar refractivity (Wildman–Crippen MR) is 103 cm³/mol. The Hall–Kier alpha value is -3.58. The van der Waals surface area contributed by atoms with E-state index in [0.717, 1.165) is 5.56 Å². The summed E-state index contributed by atoms with van der Waals surface area (Å²) in [5.41, 5.74) is 3.56. The van der Waals surface area contributed by atoms with Crippen molar-refractivity contribution in [1.29, 1.82) is 0 Å². The van der Waals surface area contributed by atoms with Crippen LogP contribution in [0.4, 0.5) is 5.69 Å². The monoisotopic (exact) mass is 368 g/mol. The number of carbonyl (C=O) groups is 2. The van der Waals surface area contributed by atoms with Gasteiger partial charge in [-0.15, -0.1) is 0 Å². The minimum atomic E-state index is -0.637. The van der Waals surface area contributed by atoms with Crippen molar-refractivity contribution < 1.29 is 24.3 Å². The van der Waals surface area contributed by atoms with Crippen LogP contribution in [0.1, 0.15) is 11.1 Å². The summed E-state index contributed by atoms with van der Waals surface area (Å²) in [5, 5.41) is 11.2.